The van der Waals surface area contributed by atoms with E-state index >= 15 is 0 Å². The Morgan fingerprint density at radius 1 is 0.744 bits per heavy atom. The van der Waals surface area contributed by atoms with Crippen molar-refractivity contribution in [2.45, 2.75) is 19.4 Å². The molecule has 4 aromatic rings. The number of esters is 1. The molecule has 0 aliphatic carbocycles. The van der Waals surface area contributed by atoms with Gasteiger partial charge in [-0.25, -0.2) is 4.79 Å². The highest BCUT2D eigenvalue weighted by Crippen LogP contribution is 2.28. The van der Waals surface area contributed by atoms with Crippen LogP contribution in [0.4, 0.5) is 5.69 Å². The number of thioether (sulfide) groups is 1. The molecule has 2 atom stereocenters. The molecule has 39 heavy (non-hydrogen) atoms. The molecule has 0 aliphatic heterocycles. The average Bonchev–Trinajstić information content (AvgIpc) is 3.00. The van der Waals surface area contributed by atoms with Gasteiger partial charge in [-0.3, -0.25) is 14.5 Å². The van der Waals surface area contributed by atoms with E-state index in [9.17, 15) is 14.4 Å². The Balaban J connectivity index is 1.64. The zero-order chi connectivity index (χ0) is 27.6. The molecule has 1 amide bonds. The van der Waals surface area contributed by atoms with Crippen LogP contribution in [-0.4, -0.2) is 35.9 Å². The SMILES string of the molecule is COC(=O)[C@H](C)N(C(=O)[C@@H](CSC(=O)c1ccccc1)Cc1ccccc1)c1ccc(-c2ccccc2)cc1. The van der Waals surface area contributed by atoms with Crippen LogP contribution in [0, 0.1) is 5.92 Å². The fraction of sp³-hybridized carbons (Fsp3) is 0.182. The molecule has 0 heterocycles. The molecule has 198 valence electrons. The third-order valence-electron chi connectivity index (χ3n) is 6.52. The summed E-state index contributed by atoms with van der Waals surface area (Å²) in [5.41, 5.74) is 4.22. The molecular formula is C33H31NO4S. The van der Waals surface area contributed by atoms with Crippen LogP contribution in [0.1, 0.15) is 22.8 Å². The van der Waals surface area contributed by atoms with E-state index in [0.717, 1.165) is 28.5 Å². The van der Waals surface area contributed by atoms with Crippen molar-refractivity contribution in [1.82, 2.24) is 0 Å². The Hall–Kier alpha value is -4.16. The number of amides is 1. The van der Waals surface area contributed by atoms with Gasteiger partial charge in [0.25, 0.3) is 0 Å². The molecule has 0 unspecified atom stereocenters. The Morgan fingerprint density at radius 2 is 1.28 bits per heavy atom. The highest BCUT2D eigenvalue weighted by Gasteiger charge is 2.33. The maximum absolute atomic E-state index is 14.2. The van der Waals surface area contributed by atoms with Crippen LogP contribution in [0.5, 0.6) is 0 Å². The van der Waals surface area contributed by atoms with Crippen molar-refractivity contribution in [3.05, 3.63) is 126 Å². The van der Waals surface area contributed by atoms with Gasteiger partial charge < -0.3 is 4.74 Å². The van der Waals surface area contributed by atoms with E-state index < -0.39 is 17.9 Å². The standard InChI is InChI=1S/C33H31NO4S/c1-24(32(36)38-2)34(30-20-18-27(19-21-30)26-14-8-4-9-15-26)31(35)29(22-25-12-6-3-7-13-25)23-39-33(37)28-16-10-5-11-17-28/h3-21,24,29H,22-23H2,1-2H3/t24-,29+/m0/s1. The van der Waals surface area contributed by atoms with E-state index in [1.807, 2.05) is 103 Å². The molecule has 6 heteroatoms. The number of ether oxygens (including phenoxy) is 1. The van der Waals surface area contributed by atoms with Crippen molar-refractivity contribution in [3.8, 4) is 11.1 Å². The third-order valence-corrected chi connectivity index (χ3v) is 7.59. The number of rotatable bonds is 10. The van der Waals surface area contributed by atoms with Crippen molar-refractivity contribution in [1.29, 1.82) is 0 Å². The topological polar surface area (TPSA) is 63.7 Å². The van der Waals surface area contributed by atoms with Gasteiger partial charge in [0.15, 0.2) is 0 Å². The molecule has 0 fully saturated rings. The zero-order valence-corrected chi connectivity index (χ0v) is 22.8. The summed E-state index contributed by atoms with van der Waals surface area (Å²) in [6.45, 7) is 1.66. The van der Waals surface area contributed by atoms with Crippen LogP contribution >= 0.6 is 11.8 Å². The second-order valence-corrected chi connectivity index (χ2v) is 10.2. The van der Waals surface area contributed by atoms with E-state index in [1.54, 1.807) is 19.1 Å². The summed E-state index contributed by atoms with van der Waals surface area (Å²) in [5.74, 6) is -1.03. The highest BCUT2D eigenvalue weighted by atomic mass is 32.2. The van der Waals surface area contributed by atoms with Gasteiger partial charge in [-0.1, -0.05) is 115 Å². The Kier molecular flexibility index (Phi) is 9.70. The Morgan fingerprint density at radius 3 is 1.87 bits per heavy atom. The molecule has 0 saturated carbocycles. The first-order valence-electron chi connectivity index (χ1n) is 12.8. The minimum Gasteiger partial charge on any atom is -0.467 e. The summed E-state index contributed by atoms with van der Waals surface area (Å²) in [6, 6.07) is 35.4. The summed E-state index contributed by atoms with van der Waals surface area (Å²) in [7, 11) is 1.32. The monoisotopic (exact) mass is 537 g/mol. The molecule has 0 bridgehead atoms. The molecule has 4 aromatic carbocycles. The minimum absolute atomic E-state index is 0.0961. The molecule has 0 saturated heterocycles. The number of carbonyl (C=O) groups is 3. The van der Waals surface area contributed by atoms with Crippen LogP contribution in [0.3, 0.4) is 0 Å². The van der Waals surface area contributed by atoms with Crippen molar-refractivity contribution >= 4 is 34.4 Å². The summed E-state index contributed by atoms with van der Waals surface area (Å²) in [6.07, 6.45) is 0.432. The Labute approximate surface area is 233 Å². The average molecular weight is 538 g/mol. The summed E-state index contributed by atoms with van der Waals surface area (Å²) < 4.78 is 5.02. The van der Waals surface area contributed by atoms with Crippen LogP contribution in [-0.2, 0) is 20.7 Å². The predicted molar refractivity (Wildman–Crippen MR) is 158 cm³/mol. The number of methoxy groups -OCH3 is 1. The number of carbonyl (C=O) groups excluding carboxylic acids is 3. The van der Waals surface area contributed by atoms with Crippen LogP contribution in [0.2, 0.25) is 0 Å². The van der Waals surface area contributed by atoms with Gasteiger partial charge in [0.1, 0.15) is 6.04 Å². The number of hydrogen-bond donors (Lipinski definition) is 0. The molecule has 0 aromatic heterocycles. The lowest BCUT2D eigenvalue weighted by Gasteiger charge is -2.31. The van der Waals surface area contributed by atoms with Gasteiger partial charge >= 0.3 is 5.97 Å². The van der Waals surface area contributed by atoms with Crippen LogP contribution < -0.4 is 4.90 Å². The normalized spacial score (nSPS) is 12.3. The predicted octanol–water partition coefficient (Wildman–Crippen LogP) is 6.68. The van der Waals surface area contributed by atoms with E-state index in [2.05, 4.69) is 0 Å². The zero-order valence-electron chi connectivity index (χ0n) is 22.0. The summed E-state index contributed by atoms with van der Waals surface area (Å²) in [4.78, 5) is 41.3. The molecule has 0 spiro atoms. The van der Waals surface area contributed by atoms with Gasteiger partial charge in [-0.2, -0.15) is 0 Å². The van der Waals surface area contributed by atoms with E-state index in [4.69, 9.17) is 4.74 Å². The number of benzene rings is 4. The Bertz CT molecular complexity index is 1380. The minimum atomic E-state index is -0.849. The summed E-state index contributed by atoms with van der Waals surface area (Å²) >= 11 is 1.12. The first-order valence-corrected chi connectivity index (χ1v) is 13.8. The van der Waals surface area contributed by atoms with E-state index in [1.165, 1.54) is 12.0 Å². The second kappa shape index (κ2) is 13.6. The van der Waals surface area contributed by atoms with Gasteiger partial charge in [-0.05, 0) is 42.2 Å². The fourth-order valence-electron chi connectivity index (χ4n) is 4.41. The van der Waals surface area contributed by atoms with Gasteiger partial charge in [-0.15, -0.1) is 0 Å². The first-order chi connectivity index (χ1) is 19.0. The summed E-state index contributed by atoms with van der Waals surface area (Å²) in [5, 5.41) is -0.0961. The molecule has 5 nitrogen and oxygen atoms in total. The van der Waals surface area contributed by atoms with Gasteiger partial charge in [0.2, 0.25) is 11.0 Å². The molecule has 0 N–H and O–H groups in total. The molecular weight excluding hydrogens is 506 g/mol. The fourth-order valence-corrected chi connectivity index (χ4v) is 5.33. The number of nitrogens with zero attached hydrogens (tertiary/aromatic N) is 1. The van der Waals surface area contributed by atoms with E-state index in [-0.39, 0.29) is 16.8 Å². The quantitative estimate of drug-likeness (QED) is 0.211. The number of anilines is 1. The van der Waals surface area contributed by atoms with Crippen molar-refractivity contribution < 1.29 is 19.1 Å². The van der Waals surface area contributed by atoms with Crippen molar-refractivity contribution in [2.24, 2.45) is 5.92 Å². The van der Waals surface area contributed by atoms with E-state index in [0.29, 0.717) is 17.7 Å². The van der Waals surface area contributed by atoms with Crippen molar-refractivity contribution in [3.63, 3.8) is 0 Å². The smallest absolute Gasteiger partial charge is 0.328 e. The van der Waals surface area contributed by atoms with Gasteiger partial charge in [0.05, 0.1) is 13.0 Å². The highest BCUT2D eigenvalue weighted by molar-refractivity contribution is 8.14. The largest absolute Gasteiger partial charge is 0.467 e. The third kappa shape index (κ3) is 7.24. The lowest BCUT2D eigenvalue weighted by molar-refractivity contribution is -0.143. The number of hydrogen-bond acceptors (Lipinski definition) is 5. The lowest BCUT2D eigenvalue weighted by atomic mass is 9.98. The second-order valence-electron chi connectivity index (χ2n) is 9.17. The molecule has 0 aliphatic rings. The van der Waals surface area contributed by atoms with Crippen LogP contribution in [0.25, 0.3) is 11.1 Å². The molecule has 4 rings (SSSR count). The maximum atomic E-state index is 14.2. The van der Waals surface area contributed by atoms with Crippen molar-refractivity contribution in [2.75, 3.05) is 17.8 Å². The maximum Gasteiger partial charge on any atom is 0.328 e. The van der Waals surface area contributed by atoms with Crippen LogP contribution in [0.15, 0.2) is 115 Å². The lowest BCUT2D eigenvalue weighted by Crippen LogP contribution is -2.47. The molecule has 0 radical (unpaired) electrons. The van der Waals surface area contributed by atoms with Gasteiger partial charge in [0, 0.05) is 17.0 Å². The first kappa shape index (κ1) is 27.9.